The standard InChI is InChI=1S/C21H27Cl2N3O4/c1-11-5-4-6-17(12(11)2)26-10-14(7-18(26)27)21(29)30-13(3)20(28)25-19-16(23)8-15(22)9-24-19/h8-9,11-14,17H,4-7,10H2,1-3H3,(H,24,25,28). The van der Waals surface area contributed by atoms with Crippen LogP contribution in [0.3, 0.4) is 0 Å². The molecule has 1 aromatic rings. The number of likely N-dealkylation sites (tertiary alicyclic amines) is 1. The zero-order valence-corrected chi connectivity index (χ0v) is 18.9. The second kappa shape index (κ2) is 9.52. The van der Waals surface area contributed by atoms with Crippen molar-refractivity contribution in [1.29, 1.82) is 0 Å². The number of halogens is 2. The number of nitrogens with zero attached hydrogens (tertiary/aromatic N) is 2. The Kier molecular flexibility index (Phi) is 7.24. The SMILES string of the molecule is CC(OC(=O)C1CC(=O)N(C2CCCC(C)C2C)C1)C(=O)Nc1ncc(Cl)cc1Cl. The lowest BCUT2D eigenvalue weighted by Gasteiger charge is -2.39. The van der Waals surface area contributed by atoms with Gasteiger partial charge in [-0.2, -0.15) is 0 Å². The summed E-state index contributed by atoms with van der Waals surface area (Å²) in [6.07, 6.45) is 3.65. The van der Waals surface area contributed by atoms with E-state index in [1.807, 2.05) is 4.90 Å². The molecule has 9 heteroatoms. The van der Waals surface area contributed by atoms with E-state index in [4.69, 9.17) is 27.9 Å². The van der Waals surface area contributed by atoms with Gasteiger partial charge in [0.05, 0.1) is 16.0 Å². The smallest absolute Gasteiger partial charge is 0.312 e. The van der Waals surface area contributed by atoms with Crippen molar-refractivity contribution in [1.82, 2.24) is 9.88 Å². The van der Waals surface area contributed by atoms with Crippen LogP contribution in [-0.4, -0.2) is 46.4 Å². The third kappa shape index (κ3) is 5.06. The maximum absolute atomic E-state index is 12.6. The van der Waals surface area contributed by atoms with E-state index in [9.17, 15) is 14.4 Å². The lowest BCUT2D eigenvalue weighted by molar-refractivity contribution is -0.157. The van der Waals surface area contributed by atoms with Gasteiger partial charge in [-0.1, -0.05) is 49.9 Å². The molecule has 30 heavy (non-hydrogen) atoms. The molecule has 0 bridgehead atoms. The quantitative estimate of drug-likeness (QED) is 0.679. The van der Waals surface area contributed by atoms with Crippen LogP contribution in [0, 0.1) is 17.8 Å². The van der Waals surface area contributed by atoms with E-state index in [1.54, 1.807) is 0 Å². The first-order valence-corrected chi connectivity index (χ1v) is 11.0. The number of carbonyl (C=O) groups excluding carboxylic acids is 3. The predicted octanol–water partition coefficient (Wildman–Crippen LogP) is 3.93. The topological polar surface area (TPSA) is 88.6 Å². The summed E-state index contributed by atoms with van der Waals surface area (Å²) in [6.45, 7) is 6.20. The Labute approximate surface area is 186 Å². The van der Waals surface area contributed by atoms with Crippen molar-refractivity contribution >= 4 is 46.8 Å². The fourth-order valence-corrected chi connectivity index (χ4v) is 4.68. The molecule has 1 aromatic heterocycles. The molecule has 5 unspecified atom stereocenters. The van der Waals surface area contributed by atoms with Gasteiger partial charge in [0.2, 0.25) is 5.91 Å². The van der Waals surface area contributed by atoms with Crippen molar-refractivity contribution in [2.45, 2.75) is 58.6 Å². The molecule has 1 N–H and O–H groups in total. The molecule has 2 heterocycles. The number of hydrogen-bond acceptors (Lipinski definition) is 5. The largest absolute Gasteiger partial charge is 0.452 e. The third-order valence-electron chi connectivity index (χ3n) is 6.27. The van der Waals surface area contributed by atoms with Crippen LogP contribution >= 0.6 is 23.2 Å². The molecular formula is C21H27Cl2N3O4. The number of ether oxygens (including phenoxy) is 1. The van der Waals surface area contributed by atoms with E-state index in [-0.39, 0.29) is 29.2 Å². The highest BCUT2D eigenvalue weighted by molar-refractivity contribution is 6.36. The maximum atomic E-state index is 12.6. The molecule has 3 rings (SSSR count). The van der Waals surface area contributed by atoms with Crippen LogP contribution in [0.2, 0.25) is 10.0 Å². The van der Waals surface area contributed by atoms with Crippen molar-refractivity contribution in [2.24, 2.45) is 17.8 Å². The number of rotatable bonds is 5. The number of anilines is 1. The Morgan fingerprint density at radius 2 is 2.03 bits per heavy atom. The minimum Gasteiger partial charge on any atom is -0.452 e. The second-order valence-corrected chi connectivity index (χ2v) is 9.18. The van der Waals surface area contributed by atoms with Crippen molar-refractivity contribution in [3.05, 3.63) is 22.3 Å². The Morgan fingerprint density at radius 3 is 2.73 bits per heavy atom. The minimum atomic E-state index is -1.05. The van der Waals surface area contributed by atoms with Gasteiger partial charge in [0.25, 0.3) is 5.91 Å². The van der Waals surface area contributed by atoms with Crippen LogP contribution in [-0.2, 0) is 19.1 Å². The zero-order chi connectivity index (χ0) is 22.0. The summed E-state index contributed by atoms with van der Waals surface area (Å²) in [5.74, 6) is -0.585. The third-order valence-corrected chi connectivity index (χ3v) is 6.76. The zero-order valence-electron chi connectivity index (χ0n) is 17.4. The summed E-state index contributed by atoms with van der Waals surface area (Å²) in [4.78, 5) is 43.3. The first kappa shape index (κ1) is 22.8. The number of esters is 1. The average molecular weight is 456 g/mol. The first-order chi connectivity index (χ1) is 14.2. The first-order valence-electron chi connectivity index (χ1n) is 10.3. The number of hydrogen-bond donors (Lipinski definition) is 1. The Bertz CT molecular complexity index is 834. The molecule has 0 spiro atoms. The van der Waals surface area contributed by atoms with Gasteiger partial charge in [0.15, 0.2) is 11.9 Å². The van der Waals surface area contributed by atoms with Crippen molar-refractivity contribution in [3.8, 4) is 0 Å². The summed E-state index contributed by atoms with van der Waals surface area (Å²) in [5, 5.41) is 3.04. The highest BCUT2D eigenvalue weighted by Gasteiger charge is 2.42. The molecule has 5 atom stereocenters. The van der Waals surface area contributed by atoms with Gasteiger partial charge in [-0.15, -0.1) is 0 Å². The van der Waals surface area contributed by atoms with Crippen LogP contribution in [0.4, 0.5) is 5.82 Å². The summed E-state index contributed by atoms with van der Waals surface area (Å²) in [6, 6.07) is 1.62. The fraction of sp³-hybridized carbons (Fsp3) is 0.619. The molecule has 7 nitrogen and oxygen atoms in total. The Morgan fingerprint density at radius 1 is 1.30 bits per heavy atom. The van der Waals surface area contributed by atoms with E-state index in [1.165, 1.54) is 25.6 Å². The van der Waals surface area contributed by atoms with Gasteiger partial charge in [0.1, 0.15) is 0 Å². The molecule has 1 aliphatic heterocycles. The van der Waals surface area contributed by atoms with E-state index >= 15 is 0 Å². The molecule has 1 saturated carbocycles. The maximum Gasteiger partial charge on any atom is 0.312 e. The van der Waals surface area contributed by atoms with E-state index in [0.717, 1.165) is 12.8 Å². The summed E-state index contributed by atoms with van der Waals surface area (Å²) in [7, 11) is 0. The minimum absolute atomic E-state index is 0.0165. The monoisotopic (exact) mass is 455 g/mol. The molecule has 1 aliphatic carbocycles. The van der Waals surface area contributed by atoms with Crippen LogP contribution in [0.5, 0.6) is 0 Å². The summed E-state index contributed by atoms with van der Waals surface area (Å²) >= 11 is 11.8. The summed E-state index contributed by atoms with van der Waals surface area (Å²) < 4.78 is 5.34. The van der Waals surface area contributed by atoms with Gasteiger partial charge < -0.3 is 15.0 Å². The van der Waals surface area contributed by atoms with Crippen LogP contribution in [0.25, 0.3) is 0 Å². The van der Waals surface area contributed by atoms with E-state index in [2.05, 4.69) is 24.1 Å². The van der Waals surface area contributed by atoms with Crippen LogP contribution in [0.15, 0.2) is 12.3 Å². The van der Waals surface area contributed by atoms with Crippen molar-refractivity contribution in [3.63, 3.8) is 0 Å². The van der Waals surface area contributed by atoms with Crippen LogP contribution < -0.4 is 5.32 Å². The van der Waals surface area contributed by atoms with Gasteiger partial charge in [-0.05, 0) is 31.2 Å². The van der Waals surface area contributed by atoms with E-state index in [0.29, 0.717) is 23.4 Å². The lowest BCUT2D eigenvalue weighted by Crippen LogP contribution is -2.45. The van der Waals surface area contributed by atoms with Crippen molar-refractivity contribution < 1.29 is 19.1 Å². The average Bonchev–Trinajstić information content (AvgIpc) is 3.07. The molecule has 2 fully saturated rings. The highest BCUT2D eigenvalue weighted by Crippen LogP contribution is 2.36. The number of nitrogens with one attached hydrogen (secondary N) is 1. The van der Waals surface area contributed by atoms with Crippen molar-refractivity contribution in [2.75, 3.05) is 11.9 Å². The normalized spacial score (nSPS) is 27.6. The molecule has 164 valence electrons. The molecule has 0 aromatic carbocycles. The van der Waals surface area contributed by atoms with Gasteiger partial charge >= 0.3 is 5.97 Å². The fourth-order valence-electron chi connectivity index (χ4n) is 4.25. The predicted molar refractivity (Wildman–Crippen MR) is 114 cm³/mol. The Balaban J connectivity index is 1.56. The molecular weight excluding hydrogens is 429 g/mol. The molecule has 2 aliphatic rings. The van der Waals surface area contributed by atoms with Gasteiger partial charge in [0, 0.05) is 25.2 Å². The number of aromatic nitrogens is 1. The molecule has 2 amide bonds. The number of pyridine rings is 1. The number of amides is 2. The number of carbonyl (C=O) groups is 3. The van der Waals surface area contributed by atoms with E-state index < -0.39 is 23.9 Å². The second-order valence-electron chi connectivity index (χ2n) is 8.33. The summed E-state index contributed by atoms with van der Waals surface area (Å²) in [5.41, 5.74) is 0. The highest BCUT2D eigenvalue weighted by atomic mass is 35.5. The Hall–Kier alpha value is -1.86. The lowest BCUT2D eigenvalue weighted by atomic mass is 9.77. The molecule has 1 saturated heterocycles. The molecule has 0 radical (unpaired) electrons. The van der Waals surface area contributed by atoms with Gasteiger partial charge in [-0.25, -0.2) is 4.98 Å². The van der Waals surface area contributed by atoms with Crippen LogP contribution in [0.1, 0.15) is 46.5 Å². The van der Waals surface area contributed by atoms with Gasteiger partial charge in [-0.3, -0.25) is 14.4 Å².